The fraction of sp³-hybridized carbons (Fsp3) is 0.471. The van der Waals surface area contributed by atoms with Crippen LogP contribution >= 0.6 is 15.9 Å². The summed E-state index contributed by atoms with van der Waals surface area (Å²) in [5, 5.41) is 15.6. The van der Waals surface area contributed by atoms with Crippen molar-refractivity contribution in [3.8, 4) is 17.0 Å². The van der Waals surface area contributed by atoms with Gasteiger partial charge in [0.2, 0.25) is 0 Å². The predicted molar refractivity (Wildman–Crippen MR) is 105 cm³/mol. The van der Waals surface area contributed by atoms with Crippen LogP contribution in [0.2, 0.25) is 11.1 Å². The minimum absolute atomic E-state index is 0.0419. The van der Waals surface area contributed by atoms with E-state index in [0.29, 0.717) is 20.6 Å². The van der Waals surface area contributed by atoms with Gasteiger partial charge >= 0.3 is 12.3 Å². The molecule has 11 heteroatoms. The summed E-state index contributed by atoms with van der Waals surface area (Å²) < 4.78 is 37.5. The number of aromatic nitrogens is 2. The molecule has 2 aromatic rings. The Morgan fingerprint density at radius 2 is 2.11 bits per heavy atom. The van der Waals surface area contributed by atoms with Crippen LogP contribution in [0.15, 0.2) is 28.9 Å². The number of ether oxygens (including phenoxy) is 2. The third kappa shape index (κ3) is 6.35. The van der Waals surface area contributed by atoms with Gasteiger partial charge in [0.1, 0.15) is 18.7 Å². The number of nitro groups is 1. The van der Waals surface area contributed by atoms with Crippen LogP contribution in [0, 0.1) is 10.1 Å². The molecule has 0 aliphatic carbocycles. The fourth-order valence-corrected chi connectivity index (χ4v) is 3.78. The molecule has 0 bridgehead atoms. The molecule has 0 saturated heterocycles. The third-order valence-electron chi connectivity index (χ3n) is 3.54. The van der Waals surface area contributed by atoms with Crippen LogP contribution in [-0.4, -0.2) is 37.4 Å². The second-order valence-electron chi connectivity index (χ2n) is 6.87. The van der Waals surface area contributed by atoms with E-state index < -0.39 is 11.5 Å². The highest BCUT2D eigenvalue weighted by atomic mass is 79.9. The van der Waals surface area contributed by atoms with Crippen LogP contribution in [0.1, 0.15) is 20.8 Å². The van der Waals surface area contributed by atoms with E-state index in [9.17, 15) is 18.9 Å². The van der Waals surface area contributed by atoms with Crippen LogP contribution in [0.3, 0.4) is 0 Å². The van der Waals surface area contributed by atoms with E-state index in [2.05, 4.69) is 46.5 Å². The molecule has 1 heterocycles. The van der Waals surface area contributed by atoms with E-state index in [-0.39, 0.29) is 34.5 Å². The van der Waals surface area contributed by atoms with Gasteiger partial charge in [0, 0.05) is 20.6 Å². The summed E-state index contributed by atoms with van der Waals surface area (Å²) in [6.07, 6.45) is 1.07. The highest BCUT2D eigenvalue weighted by molar-refractivity contribution is 9.10. The van der Waals surface area contributed by atoms with Crippen molar-refractivity contribution in [3.05, 3.63) is 39.0 Å². The van der Waals surface area contributed by atoms with Crippen molar-refractivity contribution in [3.63, 3.8) is 0 Å². The van der Waals surface area contributed by atoms with Crippen LogP contribution < -0.4 is 4.74 Å². The van der Waals surface area contributed by atoms with Gasteiger partial charge < -0.3 is 9.47 Å². The maximum absolute atomic E-state index is 12.8. The molecule has 0 atom stereocenters. The topological polar surface area (TPSA) is 79.4 Å². The smallest absolute Gasteiger partial charge is 0.387 e. The molecule has 2 radical (unpaired) electrons. The van der Waals surface area contributed by atoms with Gasteiger partial charge in [-0.25, -0.2) is 4.68 Å². The van der Waals surface area contributed by atoms with Crippen molar-refractivity contribution in [1.82, 2.24) is 9.78 Å². The molecular weight excluding hydrogens is 456 g/mol. The number of hydrogen-bond acceptors (Lipinski definition) is 5. The number of rotatable bonds is 9. The van der Waals surface area contributed by atoms with E-state index in [1.54, 1.807) is 0 Å². The van der Waals surface area contributed by atoms with Crippen molar-refractivity contribution >= 4 is 31.1 Å². The minimum atomic E-state index is -3.06. The second-order valence-corrected chi connectivity index (χ2v) is 10.1. The first-order valence-corrected chi connectivity index (χ1v) is 10.4. The number of nitrogens with zero attached hydrogens (tertiary/aromatic N) is 3. The summed E-state index contributed by atoms with van der Waals surface area (Å²) >= 11 is 3.25. The number of benzene rings is 1. The van der Waals surface area contributed by atoms with E-state index in [0.717, 1.165) is 12.2 Å². The lowest BCUT2D eigenvalue weighted by molar-refractivity contribution is -0.384. The summed E-state index contributed by atoms with van der Waals surface area (Å²) in [5.74, 6) is -0.183. The molecule has 0 spiro atoms. The average Bonchev–Trinajstić information content (AvgIpc) is 2.98. The van der Waals surface area contributed by atoms with Gasteiger partial charge in [0.15, 0.2) is 5.69 Å². The Morgan fingerprint density at radius 3 is 2.71 bits per heavy atom. The molecule has 7 nitrogen and oxygen atoms in total. The Balaban J connectivity index is 2.29. The lowest BCUT2D eigenvalue weighted by Crippen LogP contribution is -2.13. The second kappa shape index (κ2) is 9.57. The monoisotopic (exact) mass is 475 g/mol. The standard InChI is InChI=1S/C17H20BrF2N3O4Si/c1-17(2,3)28-7-6-26-10-22-15(13(9-21-22)23(24)25)12-8-11(18)4-5-14(12)27-16(19)20/h4-5,8-9,16H,6-7,10H2,1-3H3. The van der Waals surface area contributed by atoms with Gasteiger partial charge in [-0.05, 0) is 29.3 Å². The predicted octanol–water partition coefficient (Wildman–Crippen LogP) is 5.14. The van der Waals surface area contributed by atoms with E-state index in [1.807, 2.05) is 0 Å². The maximum atomic E-state index is 12.8. The average molecular weight is 476 g/mol. The van der Waals surface area contributed by atoms with Gasteiger partial charge in [-0.15, -0.1) is 0 Å². The first-order valence-electron chi connectivity index (χ1n) is 8.36. The molecule has 0 unspecified atom stereocenters. The Kier molecular flexibility index (Phi) is 7.67. The molecule has 2 rings (SSSR count). The highest BCUT2D eigenvalue weighted by Crippen LogP contribution is 2.38. The Morgan fingerprint density at radius 1 is 1.39 bits per heavy atom. The summed E-state index contributed by atoms with van der Waals surface area (Å²) in [5.41, 5.74) is -0.156. The normalized spacial score (nSPS) is 11.8. The summed E-state index contributed by atoms with van der Waals surface area (Å²) in [7, 11) is 0.701. The number of alkyl halides is 2. The molecule has 0 N–H and O–H groups in total. The minimum Gasteiger partial charge on any atom is -0.434 e. The van der Waals surface area contributed by atoms with Crippen molar-refractivity contribution in [2.24, 2.45) is 0 Å². The van der Waals surface area contributed by atoms with Gasteiger partial charge in [-0.1, -0.05) is 36.7 Å². The molecule has 0 saturated carbocycles. The van der Waals surface area contributed by atoms with Crippen molar-refractivity contribution in [1.29, 1.82) is 0 Å². The Labute approximate surface area is 172 Å². The summed E-state index contributed by atoms with van der Waals surface area (Å²) in [6, 6.07) is 5.15. The lowest BCUT2D eigenvalue weighted by atomic mass is 10.1. The Bertz CT molecular complexity index is 827. The summed E-state index contributed by atoms with van der Waals surface area (Å²) in [4.78, 5) is 10.8. The van der Waals surface area contributed by atoms with Crippen LogP contribution in [0.5, 0.6) is 5.75 Å². The molecule has 1 aromatic carbocycles. The van der Waals surface area contributed by atoms with Crippen LogP contribution in [-0.2, 0) is 11.5 Å². The van der Waals surface area contributed by atoms with Crippen molar-refractivity contribution in [2.45, 2.75) is 45.2 Å². The fourth-order valence-electron chi connectivity index (χ4n) is 2.42. The van der Waals surface area contributed by atoms with Gasteiger partial charge in [0.25, 0.3) is 0 Å². The van der Waals surface area contributed by atoms with Crippen molar-refractivity contribution < 1.29 is 23.2 Å². The summed E-state index contributed by atoms with van der Waals surface area (Å²) in [6.45, 7) is 3.76. The third-order valence-corrected chi connectivity index (χ3v) is 5.55. The molecule has 152 valence electrons. The quantitative estimate of drug-likeness (QED) is 0.217. The number of halogens is 3. The van der Waals surface area contributed by atoms with Crippen molar-refractivity contribution in [2.75, 3.05) is 6.61 Å². The molecule has 1 aromatic heterocycles. The van der Waals surface area contributed by atoms with E-state index >= 15 is 0 Å². The van der Waals surface area contributed by atoms with Crippen LogP contribution in [0.25, 0.3) is 11.3 Å². The highest BCUT2D eigenvalue weighted by Gasteiger charge is 2.26. The molecule has 0 aliphatic rings. The molecule has 0 amide bonds. The van der Waals surface area contributed by atoms with Gasteiger partial charge in [-0.2, -0.15) is 13.9 Å². The molecule has 0 aliphatic heterocycles. The molecule has 0 fully saturated rings. The van der Waals surface area contributed by atoms with Gasteiger partial charge in [-0.3, -0.25) is 10.1 Å². The zero-order valence-corrected chi connectivity index (χ0v) is 18.2. The first-order chi connectivity index (χ1) is 13.1. The zero-order chi connectivity index (χ0) is 20.9. The first kappa shape index (κ1) is 22.4. The maximum Gasteiger partial charge on any atom is 0.387 e. The number of hydrogen-bond donors (Lipinski definition) is 0. The Hall–Kier alpha value is -1.85. The van der Waals surface area contributed by atoms with Gasteiger partial charge in [0.05, 0.1) is 10.5 Å². The zero-order valence-electron chi connectivity index (χ0n) is 15.6. The molecular formula is C17H20BrF2N3O4Si. The largest absolute Gasteiger partial charge is 0.434 e. The van der Waals surface area contributed by atoms with E-state index in [4.69, 9.17) is 4.74 Å². The molecule has 28 heavy (non-hydrogen) atoms. The van der Waals surface area contributed by atoms with Crippen LogP contribution in [0.4, 0.5) is 14.5 Å². The van der Waals surface area contributed by atoms with E-state index in [1.165, 1.54) is 22.9 Å². The SMILES string of the molecule is CC(C)(C)[Si]CCOCn1ncc([N+](=O)[O-])c1-c1cc(Br)ccc1OC(F)F. The lowest BCUT2D eigenvalue weighted by Gasteiger charge is -2.16.